The number of benzene rings is 2. The third-order valence-corrected chi connectivity index (χ3v) is 6.46. The predicted octanol–water partition coefficient (Wildman–Crippen LogP) is 2.23. The predicted molar refractivity (Wildman–Crippen MR) is 120 cm³/mol. The van der Waals surface area contributed by atoms with E-state index < -0.39 is 24.1 Å². The molecule has 1 aliphatic carbocycles. The summed E-state index contributed by atoms with van der Waals surface area (Å²) in [6.07, 6.45) is 1.64. The SMILES string of the molecule is N#CCN(C(=O)COC(=O)C12CCC(=O)N1c1ccccc1C(=O)N2C1CC1)c1ccccc1. The van der Waals surface area contributed by atoms with Gasteiger partial charge in [-0.05, 0) is 37.1 Å². The average molecular weight is 458 g/mol. The van der Waals surface area contributed by atoms with Gasteiger partial charge in [0.2, 0.25) is 11.6 Å². The number of ether oxygens (including phenoxy) is 1. The summed E-state index contributed by atoms with van der Waals surface area (Å²) < 4.78 is 5.49. The van der Waals surface area contributed by atoms with Crippen molar-refractivity contribution < 1.29 is 23.9 Å². The van der Waals surface area contributed by atoms with Crippen molar-refractivity contribution in [2.24, 2.45) is 0 Å². The van der Waals surface area contributed by atoms with Gasteiger partial charge < -0.3 is 9.64 Å². The zero-order chi connectivity index (χ0) is 23.9. The highest BCUT2D eigenvalue weighted by molar-refractivity contribution is 6.16. The average Bonchev–Trinajstić information content (AvgIpc) is 3.63. The number of amides is 3. The second kappa shape index (κ2) is 8.30. The molecule has 1 saturated carbocycles. The molecule has 2 aromatic carbocycles. The number of rotatable bonds is 6. The van der Waals surface area contributed by atoms with E-state index in [0.717, 1.165) is 12.8 Å². The first-order valence-electron chi connectivity index (χ1n) is 11.1. The van der Waals surface area contributed by atoms with Crippen LogP contribution in [0.5, 0.6) is 0 Å². The quantitative estimate of drug-likeness (QED) is 0.485. The molecule has 0 spiro atoms. The van der Waals surface area contributed by atoms with Gasteiger partial charge in [0.05, 0.1) is 17.3 Å². The van der Waals surface area contributed by atoms with E-state index in [1.165, 1.54) is 14.7 Å². The largest absolute Gasteiger partial charge is 0.452 e. The molecule has 0 aromatic heterocycles. The molecule has 1 saturated heterocycles. The summed E-state index contributed by atoms with van der Waals surface area (Å²) in [5.41, 5.74) is -0.363. The topological polar surface area (TPSA) is 111 Å². The molecule has 2 aliphatic heterocycles. The number of para-hydroxylation sites is 2. The minimum atomic E-state index is -1.61. The number of nitriles is 1. The van der Waals surface area contributed by atoms with Crippen LogP contribution in [0.2, 0.25) is 0 Å². The van der Waals surface area contributed by atoms with Gasteiger partial charge in [-0.1, -0.05) is 30.3 Å². The van der Waals surface area contributed by atoms with Crippen LogP contribution in [0.3, 0.4) is 0 Å². The highest BCUT2D eigenvalue weighted by Crippen LogP contribution is 2.49. The first kappa shape index (κ1) is 21.6. The number of esters is 1. The van der Waals surface area contributed by atoms with E-state index in [1.807, 2.05) is 6.07 Å². The second-order valence-corrected chi connectivity index (χ2v) is 8.52. The molecule has 3 aliphatic rings. The van der Waals surface area contributed by atoms with E-state index in [0.29, 0.717) is 16.9 Å². The van der Waals surface area contributed by atoms with Crippen LogP contribution in [0.15, 0.2) is 54.6 Å². The molecule has 1 atom stereocenters. The number of anilines is 2. The van der Waals surface area contributed by atoms with Gasteiger partial charge in [0.1, 0.15) is 6.54 Å². The molecule has 2 aromatic rings. The van der Waals surface area contributed by atoms with Crippen LogP contribution in [0.4, 0.5) is 11.4 Å². The van der Waals surface area contributed by atoms with Gasteiger partial charge in [-0.2, -0.15) is 5.26 Å². The maximum atomic E-state index is 13.6. The molecule has 1 unspecified atom stereocenters. The molecular formula is C25H22N4O5. The highest BCUT2D eigenvalue weighted by Gasteiger charge is 2.64. The van der Waals surface area contributed by atoms with Crippen molar-refractivity contribution in [1.82, 2.24) is 4.90 Å². The van der Waals surface area contributed by atoms with Crippen LogP contribution >= 0.6 is 0 Å². The van der Waals surface area contributed by atoms with Crippen LogP contribution in [0.1, 0.15) is 36.0 Å². The van der Waals surface area contributed by atoms with Crippen LogP contribution in [0.25, 0.3) is 0 Å². The second-order valence-electron chi connectivity index (χ2n) is 8.52. The normalized spacial score (nSPS) is 20.9. The van der Waals surface area contributed by atoms with Gasteiger partial charge in [-0.25, -0.2) is 4.79 Å². The minimum absolute atomic E-state index is 0.0818. The van der Waals surface area contributed by atoms with E-state index in [9.17, 15) is 19.2 Å². The Morgan fingerprint density at radius 2 is 1.79 bits per heavy atom. The molecule has 172 valence electrons. The van der Waals surface area contributed by atoms with Crippen molar-refractivity contribution in [1.29, 1.82) is 5.26 Å². The third-order valence-electron chi connectivity index (χ3n) is 6.46. The van der Waals surface area contributed by atoms with Gasteiger partial charge in [0.25, 0.3) is 11.8 Å². The lowest BCUT2D eigenvalue weighted by molar-refractivity contribution is -0.160. The molecule has 9 heteroatoms. The monoisotopic (exact) mass is 458 g/mol. The number of nitrogens with zero attached hydrogens (tertiary/aromatic N) is 4. The molecule has 3 amide bonds. The van der Waals surface area contributed by atoms with E-state index in [-0.39, 0.29) is 37.2 Å². The van der Waals surface area contributed by atoms with Crippen molar-refractivity contribution >= 4 is 35.1 Å². The summed E-state index contributed by atoms with van der Waals surface area (Å²) in [5, 5.41) is 9.16. The van der Waals surface area contributed by atoms with Crippen LogP contribution < -0.4 is 9.80 Å². The van der Waals surface area contributed by atoms with Gasteiger partial charge in [0.15, 0.2) is 6.61 Å². The van der Waals surface area contributed by atoms with E-state index in [4.69, 9.17) is 10.00 Å². The van der Waals surface area contributed by atoms with Crippen LogP contribution in [0, 0.1) is 11.3 Å². The Hall–Kier alpha value is -4.19. The summed E-state index contributed by atoms with van der Waals surface area (Å²) in [6, 6.07) is 17.1. The smallest absolute Gasteiger partial charge is 0.354 e. The molecule has 34 heavy (non-hydrogen) atoms. The fourth-order valence-electron chi connectivity index (χ4n) is 4.84. The van der Waals surface area contributed by atoms with Crippen molar-refractivity contribution in [3.05, 3.63) is 60.2 Å². The Balaban J connectivity index is 1.45. The highest BCUT2D eigenvalue weighted by atomic mass is 16.5. The lowest BCUT2D eigenvalue weighted by Gasteiger charge is -2.48. The molecule has 0 bridgehead atoms. The van der Waals surface area contributed by atoms with Gasteiger partial charge in [-0.3, -0.25) is 24.2 Å². The molecule has 2 heterocycles. The third kappa shape index (κ3) is 3.30. The van der Waals surface area contributed by atoms with E-state index in [2.05, 4.69) is 0 Å². The fourth-order valence-corrected chi connectivity index (χ4v) is 4.84. The number of hydrogen-bond acceptors (Lipinski definition) is 6. The van der Waals surface area contributed by atoms with Gasteiger partial charge >= 0.3 is 5.97 Å². The standard InChI is InChI=1S/C25H22N4O5/c26-14-15-27(17-6-2-1-3-7-17)22(31)16-34-24(33)25-13-12-21(30)29(25)20-9-5-4-8-19(20)23(32)28(25)18-10-11-18/h1-9,18H,10-13,15-16H2. The summed E-state index contributed by atoms with van der Waals surface area (Å²) in [4.78, 5) is 57.0. The number of fused-ring (bicyclic) bond motifs is 3. The fraction of sp³-hybridized carbons (Fsp3) is 0.320. The Morgan fingerprint density at radius 3 is 2.50 bits per heavy atom. The summed E-state index contributed by atoms with van der Waals surface area (Å²) in [7, 11) is 0. The summed E-state index contributed by atoms with van der Waals surface area (Å²) >= 11 is 0. The molecule has 2 fully saturated rings. The molecule has 0 N–H and O–H groups in total. The van der Waals surface area contributed by atoms with E-state index >= 15 is 0 Å². The Kier molecular flexibility index (Phi) is 5.28. The first-order chi connectivity index (χ1) is 16.5. The summed E-state index contributed by atoms with van der Waals surface area (Å²) in [6.45, 7) is -0.830. The van der Waals surface area contributed by atoms with Gasteiger partial charge in [0, 0.05) is 24.6 Å². The zero-order valence-corrected chi connectivity index (χ0v) is 18.3. The van der Waals surface area contributed by atoms with Crippen LogP contribution in [-0.2, 0) is 19.1 Å². The maximum Gasteiger partial charge on any atom is 0.354 e. The Labute approximate surface area is 196 Å². The molecule has 9 nitrogen and oxygen atoms in total. The number of hydrogen-bond donors (Lipinski definition) is 0. The molecule has 0 radical (unpaired) electrons. The summed E-state index contributed by atoms with van der Waals surface area (Å²) in [5.74, 6) is -1.98. The Morgan fingerprint density at radius 1 is 1.09 bits per heavy atom. The van der Waals surface area contributed by atoms with Gasteiger partial charge in [-0.15, -0.1) is 0 Å². The minimum Gasteiger partial charge on any atom is -0.452 e. The molecule has 5 rings (SSSR count). The van der Waals surface area contributed by atoms with Crippen molar-refractivity contribution in [3.8, 4) is 6.07 Å². The maximum absolute atomic E-state index is 13.6. The number of carbonyl (C=O) groups excluding carboxylic acids is 4. The van der Waals surface area contributed by atoms with Crippen LogP contribution in [-0.4, -0.2) is 53.4 Å². The van der Waals surface area contributed by atoms with Crippen molar-refractivity contribution in [2.75, 3.05) is 23.0 Å². The van der Waals surface area contributed by atoms with E-state index in [1.54, 1.807) is 54.6 Å². The zero-order valence-electron chi connectivity index (χ0n) is 18.3. The Bertz CT molecular complexity index is 1220. The number of carbonyl (C=O) groups is 4. The lowest BCUT2D eigenvalue weighted by Crippen LogP contribution is -2.69. The lowest BCUT2D eigenvalue weighted by atomic mass is 9.96. The van der Waals surface area contributed by atoms with Crippen molar-refractivity contribution in [3.63, 3.8) is 0 Å². The van der Waals surface area contributed by atoms with Crippen molar-refractivity contribution in [2.45, 2.75) is 37.4 Å². The molecular weight excluding hydrogens is 436 g/mol. The first-order valence-corrected chi connectivity index (χ1v) is 11.1.